The number of aryl methyl sites for hydroxylation is 1. The van der Waals surface area contributed by atoms with Gasteiger partial charge in [-0.3, -0.25) is 0 Å². The Bertz CT molecular complexity index is 576. The first kappa shape index (κ1) is 12.4. The van der Waals surface area contributed by atoms with E-state index >= 15 is 0 Å². The fourth-order valence-electron chi connectivity index (χ4n) is 2.90. The molecule has 2 unspecified atom stereocenters. The number of hydrogen-bond acceptors (Lipinski definition) is 4. The maximum atomic E-state index is 4.48. The molecule has 0 bridgehead atoms. The lowest BCUT2D eigenvalue weighted by Crippen LogP contribution is -2.43. The van der Waals surface area contributed by atoms with Crippen LogP contribution >= 0.6 is 0 Å². The van der Waals surface area contributed by atoms with Gasteiger partial charge in [0.15, 0.2) is 5.82 Å². The molecule has 1 saturated heterocycles. The zero-order valence-electron chi connectivity index (χ0n) is 11.8. The van der Waals surface area contributed by atoms with Crippen molar-refractivity contribution in [1.29, 1.82) is 0 Å². The van der Waals surface area contributed by atoms with Crippen molar-refractivity contribution in [3.8, 4) is 0 Å². The molecule has 0 radical (unpaired) electrons. The van der Waals surface area contributed by atoms with Gasteiger partial charge in [-0.25, -0.2) is 9.50 Å². The molecule has 2 atom stereocenters. The number of fused-ring (bicyclic) bond motifs is 1. The Morgan fingerprint density at radius 2 is 2.26 bits per heavy atom. The summed E-state index contributed by atoms with van der Waals surface area (Å²) >= 11 is 0. The van der Waals surface area contributed by atoms with Crippen LogP contribution in [0.1, 0.15) is 19.0 Å². The molecule has 0 aromatic carbocycles. The summed E-state index contributed by atoms with van der Waals surface area (Å²) in [7, 11) is 2.19. The lowest BCUT2D eigenvalue weighted by molar-refractivity contribution is 0.206. The minimum Gasteiger partial charge on any atom is -0.365 e. The molecule has 1 aliphatic rings. The molecule has 3 rings (SSSR count). The molecule has 0 amide bonds. The number of anilines is 1. The number of aromatic nitrogens is 3. The second-order valence-corrected chi connectivity index (χ2v) is 5.67. The van der Waals surface area contributed by atoms with Crippen LogP contribution in [0.2, 0.25) is 0 Å². The van der Waals surface area contributed by atoms with Crippen LogP contribution in [0.3, 0.4) is 0 Å². The van der Waals surface area contributed by atoms with Crippen molar-refractivity contribution in [3.63, 3.8) is 0 Å². The topological polar surface area (TPSA) is 45.5 Å². The highest BCUT2D eigenvalue weighted by Gasteiger charge is 2.24. The minimum absolute atomic E-state index is 0.491. The minimum atomic E-state index is 0.491. The quantitative estimate of drug-likeness (QED) is 0.893. The molecular formula is C14H21N5. The normalized spacial score (nSPS) is 24.8. The summed E-state index contributed by atoms with van der Waals surface area (Å²) in [5.41, 5.74) is 2.08. The molecule has 0 aliphatic carbocycles. The van der Waals surface area contributed by atoms with Gasteiger partial charge in [-0.2, -0.15) is 5.10 Å². The Morgan fingerprint density at radius 3 is 3.05 bits per heavy atom. The molecule has 2 aromatic rings. The fraction of sp³-hybridized carbons (Fsp3) is 0.571. The molecular weight excluding hydrogens is 238 g/mol. The number of nitrogens with zero attached hydrogens (tertiary/aromatic N) is 4. The Hall–Kier alpha value is -1.62. The maximum absolute atomic E-state index is 4.48. The van der Waals surface area contributed by atoms with Gasteiger partial charge in [-0.05, 0) is 38.9 Å². The van der Waals surface area contributed by atoms with Crippen LogP contribution in [-0.4, -0.2) is 45.7 Å². The van der Waals surface area contributed by atoms with Gasteiger partial charge in [0.05, 0.1) is 5.69 Å². The summed E-state index contributed by atoms with van der Waals surface area (Å²) in [6.45, 7) is 6.59. The van der Waals surface area contributed by atoms with Gasteiger partial charge in [0.25, 0.3) is 0 Å². The molecule has 1 N–H and O–H groups in total. The average molecular weight is 259 g/mol. The van der Waals surface area contributed by atoms with E-state index in [1.807, 2.05) is 17.6 Å². The van der Waals surface area contributed by atoms with Crippen LogP contribution in [0.4, 0.5) is 5.82 Å². The number of rotatable bonds is 2. The van der Waals surface area contributed by atoms with Gasteiger partial charge in [0, 0.05) is 25.0 Å². The first-order valence-electron chi connectivity index (χ1n) is 6.89. The fourth-order valence-corrected chi connectivity index (χ4v) is 2.90. The summed E-state index contributed by atoms with van der Waals surface area (Å²) < 4.78 is 1.89. The number of likely N-dealkylation sites (tertiary alicyclic amines) is 1. The van der Waals surface area contributed by atoms with Crippen LogP contribution in [0, 0.1) is 12.8 Å². The molecule has 2 aromatic heterocycles. The van der Waals surface area contributed by atoms with Gasteiger partial charge in [-0.1, -0.05) is 6.92 Å². The van der Waals surface area contributed by atoms with Crippen molar-refractivity contribution >= 4 is 11.3 Å². The van der Waals surface area contributed by atoms with E-state index in [-0.39, 0.29) is 0 Å². The van der Waals surface area contributed by atoms with Gasteiger partial charge in [0.1, 0.15) is 5.52 Å². The molecule has 19 heavy (non-hydrogen) atoms. The first-order chi connectivity index (χ1) is 9.13. The third-order valence-corrected chi connectivity index (χ3v) is 3.94. The zero-order valence-corrected chi connectivity index (χ0v) is 11.8. The van der Waals surface area contributed by atoms with E-state index in [9.17, 15) is 0 Å². The van der Waals surface area contributed by atoms with Gasteiger partial charge < -0.3 is 10.2 Å². The third-order valence-electron chi connectivity index (χ3n) is 3.94. The maximum Gasteiger partial charge on any atom is 0.152 e. The average Bonchev–Trinajstić information content (AvgIpc) is 2.74. The molecule has 0 saturated carbocycles. The van der Waals surface area contributed by atoms with Crippen LogP contribution in [0.15, 0.2) is 18.5 Å². The predicted molar refractivity (Wildman–Crippen MR) is 76.4 cm³/mol. The van der Waals surface area contributed by atoms with Gasteiger partial charge in [0.2, 0.25) is 0 Å². The van der Waals surface area contributed by atoms with Crippen LogP contribution < -0.4 is 5.32 Å². The van der Waals surface area contributed by atoms with E-state index < -0.39 is 0 Å². The molecule has 1 aliphatic heterocycles. The van der Waals surface area contributed by atoms with Crippen LogP contribution in [0.25, 0.3) is 5.52 Å². The van der Waals surface area contributed by atoms with E-state index in [0.29, 0.717) is 12.0 Å². The van der Waals surface area contributed by atoms with E-state index in [2.05, 4.69) is 40.3 Å². The second kappa shape index (κ2) is 4.81. The van der Waals surface area contributed by atoms with Crippen molar-refractivity contribution in [2.75, 3.05) is 25.5 Å². The van der Waals surface area contributed by atoms with E-state index in [4.69, 9.17) is 0 Å². The number of piperidine rings is 1. The highest BCUT2D eigenvalue weighted by Crippen LogP contribution is 2.22. The van der Waals surface area contributed by atoms with Gasteiger partial charge >= 0.3 is 0 Å². The Morgan fingerprint density at radius 1 is 1.42 bits per heavy atom. The van der Waals surface area contributed by atoms with Crippen molar-refractivity contribution in [1.82, 2.24) is 19.5 Å². The Balaban J connectivity index is 1.85. The summed E-state index contributed by atoms with van der Waals surface area (Å²) in [4.78, 5) is 6.87. The largest absolute Gasteiger partial charge is 0.365 e. The van der Waals surface area contributed by atoms with Crippen LogP contribution in [-0.2, 0) is 0 Å². The standard InChI is InChI=1S/C14H21N5/c1-10-9-18(3)6-4-12(10)16-14-13-8-11(2)17-19(13)7-5-15-14/h5,7-8,10,12H,4,6,9H2,1-3H3,(H,15,16). The molecule has 1 fully saturated rings. The summed E-state index contributed by atoms with van der Waals surface area (Å²) in [5, 5.41) is 8.04. The third kappa shape index (κ3) is 2.42. The highest BCUT2D eigenvalue weighted by atomic mass is 15.2. The lowest BCUT2D eigenvalue weighted by atomic mass is 9.94. The molecule has 0 spiro atoms. The highest BCUT2D eigenvalue weighted by molar-refractivity contribution is 5.68. The van der Waals surface area contributed by atoms with E-state index in [0.717, 1.165) is 36.5 Å². The van der Waals surface area contributed by atoms with Crippen molar-refractivity contribution in [2.45, 2.75) is 26.3 Å². The first-order valence-corrected chi connectivity index (χ1v) is 6.89. The summed E-state index contributed by atoms with van der Waals surface area (Å²) in [5.74, 6) is 1.58. The van der Waals surface area contributed by atoms with E-state index in [1.54, 1.807) is 6.20 Å². The number of nitrogens with one attached hydrogen (secondary N) is 1. The van der Waals surface area contributed by atoms with Crippen LogP contribution in [0.5, 0.6) is 0 Å². The zero-order chi connectivity index (χ0) is 13.4. The Labute approximate surface area is 113 Å². The molecule has 5 heteroatoms. The second-order valence-electron chi connectivity index (χ2n) is 5.67. The summed E-state index contributed by atoms with van der Waals surface area (Å²) in [6.07, 6.45) is 4.86. The molecule has 5 nitrogen and oxygen atoms in total. The molecule has 3 heterocycles. The lowest BCUT2D eigenvalue weighted by Gasteiger charge is -2.35. The predicted octanol–water partition coefficient (Wildman–Crippen LogP) is 1.79. The van der Waals surface area contributed by atoms with Crippen molar-refractivity contribution < 1.29 is 0 Å². The van der Waals surface area contributed by atoms with E-state index in [1.165, 1.54) is 0 Å². The Kier molecular flexibility index (Phi) is 3.14. The number of hydrogen-bond donors (Lipinski definition) is 1. The smallest absolute Gasteiger partial charge is 0.152 e. The monoisotopic (exact) mass is 259 g/mol. The van der Waals surface area contributed by atoms with Gasteiger partial charge in [-0.15, -0.1) is 0 Å². The SMILES string of the molecule is Cc1cc2c(NC3CCN(C)CC3C)nccn2n1. The van der Waals surface area contributed by atoms with Crippen molar-refractivity contribution in [3.05, 3.63) is 24.2 Å². The molecule has 102 valence electrons. The van der Waals surface area contributed by atoms with Crippen molar-refractivity contribution in [2.24, 2.45) is 5.92 Å². The summed E-state index contributed by atoms with van der Waals surface area (Å²) in [6, 6.07) is 2.57.